The van der Waals surface area contributed by atoms with Crippen LogP contribution in [0.4, 0.5) is 4.79 Å². The van der Waals surface area contributed by atoms with Crippen molar-refractivity contribution >= 4 is 33.8 Å². The van der Waals surface area contributed by atoms with Crippen molar-refractivity contribution in [2.75, 3.05) is 20.8 Å². The summed E-state index contributed by atoms with van der Waals surface area (Å²) < 4.78 is 44.6. The number of methoxy groups -OCH3 is 2. The standard InChI is InChI=1S/C34H48N4O9S/c1-7-21-18-34(21,30(41)37-48(43,44)25-15-16-25)36-28(39)26-19-33(46-6,22-11-10-14-24(17-22)45-5)20-38(26)29(40)27(32(2,3)4)35-31(42)47-23-12-8-9-13-23/h7,10-11,14,17,21,23,25-27H,1,8-9,12-13,15-16,18-20H2,2-6H3,(H,35,42)(H,36,39)(H,37,41)/t21-,26+,27-,33+,34-/m1/s1. The molecule has 264 valence electrons. The number of carbonyl (C=O) groups excluding carboxylic acids is 4. The van der Waals surface area contributed by atoms with Gasteiger partial charge in [-0.05, 0) is 68.1 Å². The lowest BCUT2D eigenvalue weighted by atomic mass is 9.85. The van der Waals surface area contributed by atoms with Crippen LogP contribution in [0.1, 0.15) is 77.7 Å². The minimum absolute atomic E-state index is 0.00838. The monoisotopic (exact) mass is 688 g/mol. The number of amides is 4. The first-order valence-electron chi connectivity index (χ1n) is 16.6. The normalized spacial score (nSPS) is 27.9. The van der Waals surface area contributed by atoms with E-state index >= 15 is 0 Å². The molecule has 0 spiro atoms. The van der Waals surface area contributed by atoms with Gasteiger partial charge in [0.2, 0.25) is 21.8 Å². The molecule has 0 aromatic heterocycles. The third kappa shape index (κ3) is 7.19. The summed E-state index contributed by atoms with van der Waals surface area (Å²) in [7, 11) is -0.863. The lowest BCUT2D eigenvalue weighted by Crippen LogP contribution is -2.60. The first kappa shape index (κ1) is 35.7. The van der Waals surface area contributed by atoms with E-state index in [1.165, 1.54) is 25.2 Å². The molecule has 1 aliphatic heterocycles. The van der Waals surface area contributed by atoms with Gasteiger partial charge in [-0.3, -0.25) is 19.1 Å². The van der Waals surface area contributed by atoms with Crippen LogP contribution in [-0.4, -0.2) is 86.9 Å². The second-order valence-electron chi connectivity index (χ2n) is 14.6. The van der Waals surface area contributed by atoms with Crippen molar-refractivity contribution in [3.63, 3.8) is 0 Å². The molecular formula is C34H48N4O9S. The van der Waals surface area contributed by atoms with Crippen LogP contribution in [0.3, 0.4) is 0 Å². The van der Waals surface area contributed by atoms with E-state index in [1.807, 2.05) is 6.07 Å². The Morgan fingerprint density at radius 2 is 1.75 bits per heavy atom. The van der Waals surface area contributed by atoms with Crippen LogP contribution in [0, 0.1) is 11.3 Å². The number of nitrogens with zero attached hydrogens (tertiary/aromatic N) is 1. The van der Waals surface area contributed by atoms with E-state index < -0.39 is 73.6 Å². The highest BCUT2D eigenvalue weighted by Gasteiger charge is 2.62. The summed E-state index contributed by atoms with van der Waals surface area (Å²) in [6, 6.07) is 4.91. The molecule has 3 N–H and O–H groups in total. The second kappa shape index (κ2) is 13.3. The van der Waals surface area contributed by atoms with Crippen LogP contribution < -0.4 is 20.1 Å². The van der Waals surface area contributed by atoms with Crippen molar-refractivity contribution in [3.05, 3.63) is 42.5 Å². The largest absolute Gasteiger partial charge is 0.497 e. The Morgan fingerprint density at radius 3 is 2.31 bits per heavy atom. The number of ether oxygens (including phenoxy) is 3. The van der Waals surface area contributed by atoms with E-state index in [1.54, 1.807) is 39.0 Å². The summed E-state index contributed by atoms with van der Waals surface area (Å²) in [5.74, 6) is -1.98. The maximum Gasteiger partial charge on any atom is 0.408 e. The number of nitrogens with one attached hydrogen (secondary N) is 3. The van der Waals surface area contributed by atoms with Crippen molar-refractivity contribution in [2.45, 2.75) is 107 Å². The molecule has 3 aliphatic carbocycles. The number of alkyl carbamates (subject to hydrolysis) is 1. The first-order chi connectivity index (χ1) is 22.6. The predicted molar refractivity (Wildman–Crippen MR) is 176 cm³/mol. The average Bonchev–Trinajstić information content (AvgIpc) is 3.93. The molecule has 13 nitrogen and oxygen atoms in total. The van der Waals surface area contributed by atoms with E-state index in [-0.39, 0.29) is 25.5 Å². The summed E-state index contributed by atoms with van der Waals surface area (Å²) >= 11 is 0. The van der Waals surface area contributed by atoms with Crippen molar-refractivity contribution < 1.29 is 41.8 Å². The van der Waals surface area contributed by atoms with Crippen LogP contribution >= 0.6 is 0 Å². The fourth-order valence-corrected chi connectivity index (χ4v) is 8.23. The van der Waals surface area contributed by atoms with Crippen molar-refractivity contribution in [1.82, 2.24) is 20.3 Å². The predicted octanol–water partition coefficient (Wildman–Crippen LogP) is 2.89. The van der Waals surface area contributed by atoms with Gasteiger partial charge in [-0.2, -0.15) is 0 Å². The zero-order valence-corrected chi connectivity index (χ0v) is 29.2. The number of benzene rings is 1. The van der Waals surface area contributed by atoms with E-state index in [0.717, 1.165) is 25.7 Å². The third-order valence-electron chi connectivity index (χ3n) is 10.1. The molecule has 4 amide bonds. The number of likely N-dealkylation sites (tertiary alicyclic amines) is 1. The molecule has 1 saturated heterocycles. The van der Waals surface area contributed by atoms with Crippen LogP contribution in [0.2, 0.25) is 0 Å². The van der Waals surface area contributed by atoms with Crippen LogP contribution in [0.5, 0.6) is 5.75 Å². The zero-order chi connectivity index (χ0) is 35.1. The van der Waals surface area contributed by atoms with Crippen LogP contribution in [-0.2, 0) is 39.5 Å². The van der Waals surface area contributed by atoms with Gasteiger partial charge in [0.25, 0.3) is 5.91 Å². The maximum atomic E-state index is 14.6. The Balaban J connectivity index is 1.46. The minimum Gasteiger partial charge on any atom is -0.497 e. The number of carbonyl (C=O) groups is 4. The summed E-state index contributed by atoms with van der Waals surface area (Å²) in [4.78, 5) is 56.8. The Bertz CT molecular complexity index is 1550. The fraction of sp³-hybridized carbons (Fsp3) is 0.647. The van der Waals surface area contributed by atoms with Gasteiger partial charge < -0.3 is 29.7 Å². The summed E-state index contributed by atoms with van der Waals surface area (Å²) in [6.45, 7) is 9.13. The number of hydrogen-bond donors (Lipinski definition) is 3. The summed E-state index contributed by atoms with van der Waals surface area (Å²) in [5.41, 5.74) is -2.83. The van der Waals surface area contributed by atoms with Gasteiger partial charge in [-0.25, -0.2) is 13.2 Å². The van der Waals surface area contributed by atoms with Gasteiger partial charge in [0.1, 0.15) is 35.1 Å². The van der Waals surface area contributed by atoms with Gasteiger partial charge >= 0.3 is 6.09 Å². The summed E-state index contributed by atoms with van der Waals surface area (Å²) in [6.07, 6.45) is 5.12. The highest BCUT2D eigenvalue weighted by molar-refractivity contribution is 7.91. The van der Waals surface area contributed by atoms with Gasteiger partial charge in [-0.15, -0.1) is 6.58 Å². The van der Waals surface area contributed by atoms with E-state index in [9.17, 15) is 27.6 Å². The molecule has 0 radical (unpaired) electrons. The maximum absolute atomic E-state index is 14.6. The first-order valence-corrected chi connectivity index (χ1v) is 18.1. The van der Waals surface area contributed by atoms with Gasteiger partial charge in [0, 0.05) is 19.4 Å². The number of sulfonamides is 1. The lowest BCUT2D eigenvalue weighted by molar-refractivity contribution is -0.143. The molecule has 0 bridgehead atoms. The molecule has 4 aliphatic rings. The Hall–Kier alpha value is -3.65. The lowest BCUT2D eigenvalue weighted by Gasteiger charge is -2.36. The molecule has 3 saturated carbocycles. The van der Waals surface area contributed by atoms with Crippen LogP contribution in [0.25, 0.3) is 0 Å². The highest BCUT2D eigenvalue weighted by Crippen LogP contribution is 2.47. The van der Waals surface area contributed by atoms with Gasteiger partial charge in [0.15, 0.2) is 0 Å². The third-order valence-corrected chi connectivity index (χ3v) is 11.9. The van der Waals surface area contributed by atoms with E-state index in [0.29, 0.717) is 24.2 Å². The van der Waals surface area contributed by atoms with Crippen molar-refractivity contribution in [1.29, 1.82) is 0 Å². The fourth-order valence-electron chi connectivity index (χ4n) is 6.86. The molecule has 1 aromatic rings. The van der Waals surface area contributed by atoms with E-state index in [2.05, 4.69) is 21.9 Å². The molecule has 48 heavy (non-hydrogen) atoms. The quantitative estimate of drug-likeness (QED) is 0.280. The molecule has 4 fully saturated rings. The highest BCUT2D eigenvalue weighted by atomic mass is 32.2. The minimum atomic E-state index is -3.89. The van der Waals surface area contributed by atoms with Crippen LogP contribution in [0.15, 0.2) is 36.9 Å². The second-order valence-corrected chi connectivity index (χ2v) is 16.5. The number of rotatable bonds is 12. The molecular weight excluding hydrogens is 640 g/mol. The average molecular weight is 689 g/mol. The van der Waals surface area contributed by atoms with E-state index in [4.69, 9.17) is 14.2 Å². The molecule has 1 heterocycles. The summed E-state index contributed by atoms with van der Waals surface area (Å²) in [5, 5.41) is 4.94. The molecule has 14 heteroatoms. The molecule has 5 atom stereocenters. The molecule has 0 unspecified atom stereocenters. The van der Waals surface area contributed by atoms with Gasteiger partial charge in [0.05, 0.1) is 18.9 Å². The zero-order valence-electron chi connectivity index (χ0n) is 28.4. The number of hydrogen-bond acceptors (Lipinski definition) is 9. The Morgan fingerprint density at radius 1 is 1.06 bits per heavy atom. The molecule has 1 aromatic carbocycles. The van der Waals surface area contributed by atoms with Crippen molar-refractivity contribution in [2.24, 2.45) is 11.3 Å². The molecule has 5 rings (SSSR count). The van der Waals surface area contributed by atoms with Crippen molar-refractivity contribution in [3.8, 4) is 5.75 Å². The Kier molecular flexibility index (Phi) is 9.91. The topological polar surface area (TPSA) is 169 Å². The van der Waals surface area contributed by atoms with Gasteiger partial charge in [-0.1, -0.05) is 39.0 Å². The smallest absolute Gasteiger partial charge is 0.408 e. The Labute approximate surface area is 282 Å². The SMILES string of the molecule is C=C[C@@H]1C[C@]1(NC(=O)[C@@H]1C[C@@](OC)(c2cccc(OC)c2)CN1C(=O)[C@@H](NC(=O)OC1CCCC1)C(C)(C)C)C(=O)NS(=O)(=O)C1CC1.